The van der Waals surface area contributed by atoms with E-state index in [-0.39, 0.29) is 10.8 Å². The van der Waals surface area contributed by atoms with Crippen LogP contribution in [-0.4, -0.2) is 35.8 Å². The SMILES string of the molecule is CCOc1ccc(S(=O)(=O)NCC2CCc3cc(OC)c(OC)cc32)cc1. The highest BCUT2D eigenvalue weighted by atomic mass is 32.2. The van der Waals surface area contributed by atoms with E-state index in [0.29, 0.717) is 30.4 Å². The van der Waals surface area contributed by atoms with Gasteiger partial charge in [-0.05, 0) is 73.2 Å². The Labute approximate surface area is 160 Å². The van der Waals surface area contributed by atoms with Crippen LogP contribution in [0.15, 0.2) is 41.3 Å². The summed E-state index contributed by atoms with van der Waals surface area (Å²) in [7, 11) is -0.359. The maximum atomic E-state index is 12.6. The lowest BCUT2D eigenvalue weighted by Gasteiger charge is -2.16. The number of aryl methyl sites for hydroxylation is 1. The highest BCUT2D eigenvalue weighted by Crippen LogP contribution is 2.40. The van der Waals surface area contributed by atoms with Gasteiger partial charge in [-0.15, -0.1) is 0 Å². The number of fused-ring (bicyclic) bond motifs is 1. The first kappa shape index (κ1) is 19.5. The normalized spacial score (nSPS) is 16.0. The van der Waals surface area contributed by atoms with E-state index in [9.17, 15) is 8.42 Å². The maximum absolute atomic E-state index is 12.6. The summed E-state index contributed by atoms with van der Waals surface area (Å²) in [6, 6.07) is 10.4. The fourth-order valence-corrected chi connectivity index (χ4v) is 4.49. The molecule has 27 heavy (non-hydrogen) atoms. The molecular formula is C20H25NO5S. The summed E-state index contributed by atoms with van der Waals surface area (Å²) in [4.78, 5) is 0.233. The fraction of sp³-hybridized carbons (Fsp3) is 0.400. The van der Waals surface area contributed by atoms with E-state index in [1.54, 1.807) is 38.5 Å². The van der Waals surface area contributed by atoms with Crippen LogP contribution in [0.5, 0.6) is 17.2 Å². The zero-order valence-corrected chi connectivity index (χ0v) is 16.6. The second-order valence-electron chi connectivity index (χ2n) is 6.40. The largest absolute Gasteiger partial charge is 0.494 e. The summed E-state index contributed by atoms with van der Waals surface area (Å²) in [5.41, 5.74) is 2.29. The van der Waals surface area contributed by atoms with Crippen LogP contribution in [0.4, 0.5) is 0 Å². The van der Waals surface area contributed by atoms with Gasteiger partial charge < -0.3 is 14.2 Å². The quantitative estimate of drug-likeness (QED) is 0.748. The van der Waals surface area contributed by atoms with Crippen LogP contribution in [0.3, 0.4) is 0 Å². The van der Waals surface area contributed by atoms with Gasteiger partial charge in [0.15, 0.2) is 11.5 Å². The lowest BCUT2D eigenvalue weighted by atomic mass is 10.0. The summed E-state index contributed by atoms with van der Waals surface area (Å²) < 4.78 is 44.0. The van der Waals surface area contributed by atoms with Gasteiger partial charge in [-0.1, -0.05) is 0 Å². The van der Waals surface area contributed by atoms with Crippen LogP contribution in [0.25, 0.3) is 0 Å². The van der Waals surface area contributed by atoms with E-state index in [0.717, 1.165) is 18.4 Å². The highest BCUT2D eigenvalue weighted by molar-refractivity contribution is 7.89. The van der Waals surface area contributed by atoms with E-state index in [1.807, 2.05) is 19.1 Å². The van der Waals surface area contributed by atoms with E-state index in [4.69, 9.17) is 14.2 Å². The smallest absolute Gasteiger partial charge is 0.240 e. The van der Waals surface area contributed by atoms with Gasteiger partial charge in [-0.3, -0.25) is 0 Å². The predicted octanol–water partition coefficient (Wildman–Crippen LogP) is 3.11. The van der Waals surface area contributed by atoms with E-state index in [1.165, 1.54) is 5.56 Å². The van der Waals surface area contributed by atoms with Crippen LogP contribution in [0.1, 0.15) is 30.4 Å². The summed E-state index contributed by atoms with van der Waals surface area (Å²) in [6.45, 7) is 2.77. The van der Waals surface area contributed by atoms with Crippen molar-refractivity contribution >= 4 is 10.0 Å². The first-order valence-corrected chi connectivity index (χ1v) is 10.4. The Morgan fingerprint density at radius 3 is 2.37 bits per heavy atom. The Morgan fingerprint density at radius 1 is 1.07 bits per heavy atom. The molecule has 0 bridgehead atoms. The van der Waals surface area contributed by atoms with E-state index < -0.39 is 10.0 Å². The molecule has 0 saturated heterocycles. The van der Waals surface area contributed by atoms with Gasteiger partial charge in [0.2, 0.25) is 10.0 Å². The molecule has 0 amide bonds. The number of rotatable bonds is 8. The molecule has 1 aliphatic carbocycles. The maximum Gasteiger partial charge on any atom is 0.240 e. The number of methoxy groups -OCH3 is 2. The summed E-state index contributed by atoms with van der Waals surface area (Å²) in [5, 5.41) is 0. The molecule has 2 aromatic carbocycles. The molecule has 0 fully saturated rings. The molecule has 1 atom stereocenters. The third-order valence-corrected chi connectivity index (χ3v) is 6.25. The van der Waals surface area contributed by atoms with Gasteiger partial charge in [0.1, 0.15) is 5.75 Å². The third-order valence-electron chi connectivity index (χ3n) is 4.81. The zero-order chi connectivity index (χ0) is 19.4. The standard InChI is InChI=1S/C20H25NO5S/c1-4-26-16-7-9-17(10-8-16)27(22,23)21-13-15-6-5-14-11-19(24-2)20(25-3)12-18(14)15/h7-12,15,21H,4-6,13H2,1-3H3. The van der Waals surface area contributed by atoms with Crippen molar-refractivity contribution in [1.29, 1.82) is 0 Å². The Hall–Kier alpha value is -2.25. The number of hydrogen-bond donors (Lipinski definition) is 1. The molecule has 1 N–H and O–H groups in total. The van der Waals surface area contributed by atoms with Gasteiger partial charge in [0.05, 0.1) is 25.7 Å². The van der Waals surface area contributed by atoms with Crippen molar-refractivity contribution in [1.82, 2.24) is 4.72 Å². The Bertz CT molecular complexity index is 893. The van der Waals surface area contributed by atoms with Gasteiger partial charge in [-0.2, -0.15) is 0 Å². The number of hydrogen-bond acceptors (Lipinski definition) is 5. The van der Waals surface area contributed by atoms with E-state index >= 15 is 0 Å². The first-order valence-electron chi connectivity index (χ1n) is 8.95. The van der Waals surface area contributed by atoms with Crippen LogP contribution in [0.2, 0.25) is 0 Å². The van der Waals surface area contributed by atoms with Crippen molar-refractivity contribution in [2.45, 2.75) is 30.6 Å². The monoisotopic (exact) mass is 391 g/mol. The number of sulfonamides is 1. The van der Waals surface area contributed by atoms with Crippen LogP contribution in [-0.2, 0) is 16.4 Å². The Balaban J connectivity index is 1.72. The molecule has 146 valence electrons. The van der Waals surface area contributed by atoms with Gasteiger partial charge >= 0.3 is 0 Å². The third kappa shape index (κ3) is 4.20. The Morgan fingerprint density at radius 2 is 1.74 bits per heavy atom. The van der Waals surface area contributed by atoms with Crippen LogP contribution in [0, 0.1) is 0 Å². The molecule has 3 rings (SSSR count). The van der Waals surface area contributed by atoms with Crippen LogP contribution >= 0.6 is 0 Å². The van der Waals surface area contributed by atoms with Crippen molar-refractivity contribution in [3.05, 3.63) is 47.5 Å². The molecular weight excluding hydrogens is 366 g/mol. The predicted molar refractivity (Wildman–Crippen MR) is 103 cm³/mol. The number of ether oxygens (including phenoxy) is 3. The topological polar surface area (TPSA) is 73.9 Å². The van der Waals surface area contributed by atoms with Crippen molar-refractivity contribution in [3.63, 3.8) is 0 Å². The molecule has 0 saturated carbocycles. The molecule has 7 heteroatoms. The minimum absolute atomic E-state index is 0.109. The summed E-state index contributed by atoms with van der Waals surface area (Å²) in [5.74, 6) is 2.13. The summed E-state index contributed by atoms with van der Waals surface area (Å²) in [6.07, 6.45) is 1.78. The Kier molecular flexibility index (Phi) is 5.92. The lowest BCUT2D eigenvalue weighted by Crippen LogP contribution is -2.28. The summed E-state index contributed by atoms with van der Waals surface area (Å²) >= 11 is 0. The van der Waals surface area contributed by atoms with E-state index in [2.05, 4.69) is 4.72 Å². The second kappa shape index (κ2) is 8.19. The van der Waals surface area contributed by atoms with Crippen molar-refractivity contribution in [2.75, 3.05) is 27.4 Å². The lowest BCUT2D eigenvalue weighted by molar-refractivity contribution is 0.340. The molecule has 0 aromatic heterocycles. The van der Waals surface area contributed by atoms with Crippen LogP contribution < -0.4 is 18.9 Å². The zero-order valence-electron chi connectivity index (χ0n) is 15.8. The van der Waals surface area contributed by atoms with Gasteiger partial charge in [0.25, 0.3) is 0 Å². The molecule has 2 aromatic rings. The first-order chi connectivity index (χ1) is 13.0. The minimum Gasteiger partial charge on any atom is -0.494 e. The minimum atomic E-state index is -3.57. The highest BCUT2D eigenvalue weighted by Gasteiger charge is 2.26. The average molecular weight is 391 g/mol. The second-order valence-corrected chi connectivity index (χ2v) is 8.16. The molecule has 0 radical (unpaired) electrons. The van der Waals surface area contributed by atoms with Crippen molar-refractivity contribution in [3.8, 4) is 17.2 Å². The van der Waals surface area contributed by atoms with Gasteiger partial charge in [0, 0.05) is 6.54 Å². The number of benzene rings is 2. The molecule has 1 unspecified atom stereocenters. The average Bonchev–Trinajstić information content (AvgIpc) is 3.08. The van der Waals surface area contributed by atoms with Gasteiger partial charge in [-0.25, -0.2) is 13.1 Å². The molecule has 1 aliphatic rings. The fourth-order valence-electron chi connectivity index (χ4n) is 3.41. The molecule has 6 nitrogen and oxygen atoms in total. The molecule has 0 spiro atoms. The van der Waals surface area contributed by atoms with Crippen molar-refractivity contribution in [2.24, 2.45) is 0 Å². The number of nitrogens with one attached hydrogen (secondary N) is 1. The molecule has 0 aliphatic heterocycles. The van der Waals surface area contributed by atoms with Crippen molar-refractivity contribution < 1.29 is 22.6 Å². The molecule has 0 heterocycles.